The van der Waals surface area contributed by atoms with Crippen LogP contribution >= 0.6 is 7.37 Å². The van der Waals surface area contributed by atoms with Crippen molar-refractivity contribution in [3.8, 4) is 0 Å². The zero-order valence-electron chi connectivity index (χ0n) is 17.3. The maximum Gasteiger partial charge on any atom is 0.237 e. The second kappa shape index (κ2) is 11.1. The molecule has 2 rings (SSSR count). The number of carbonyl (C=O) groups excluding carboxylic acids is 1. The summed E-state index contributed by atoms with van der Waals surface area (Å²) in [5, 5.41) is 2.87. The molecule has 4 N–H and O–H groups in total. The Balaban J connectivity index is 2.04. The second-order valence-electron chi connectivity index (χ2n) is 8.72. The lowest BCUT2D eigenvalue weighted by Crippen LogP contribution is -2.47. The number of hydrogen-bond acceptors (Lipinski definition) is 3. The molecule has 1 aromatic carbocycles. The Labute approximate surface area is 169 Å². The molecule has 1 fully saturated rings. The predicted molar refractivity (Wildman–Crippen MR) is 115 cm³/mol. The molecule has 28 heavy (non-hydrogen) atoms. The Bertz CT molecular complexity index is 644. The van der Waals surface area contributed by atoms with Gasteiger partial charge in [-0.1, -0.05) is 76.3 Å². The minimum Gasteiger partial charge on any atom is -0.343 e. The summed E-state index contributed by atoms with van der Waals surface area (Å²) in [5.41, 5.74) is 7.10. The number of hydrogen-bond donors (Lipinski definition) is 3. The topological polar surface area (TPSA) is 92.4 Å². The van der Waals surface area contributed by atoms with Gasteiger partial charge >= 0.3 is 0 Å². The van der Waals surface area contributed by atoms with Gasteiger partial charge in [0.25, 0.3) is 0 Å². The SMILES string of the molecule is CC(C)CCP(=O)(O)C(CC1CCCCC1)NC(=O)C(N)Cc1ccccc1. The monoisotopic (exact) mass is 408 g/mol. The summed E-state index contributed by atoms with van der Waals surface area (Å²) in [7, 11) is -3.49. The minimum atomic E-state index is -3.49. The van der Waals surface area contributed by atoms with Crippen molar-refractivity contribution in [2.24, 2.45) is 17.6 Å². The molecule has 0 saturated heterocycles. The van der Waals surface area contributed by atoms with Crippen LogP contribution in [0.15, 0.2) is 30.3 Å². The first-order valence-corrected chi connectivity index (χ1v) is 12.6. The van der Waals surface area contributed by atoms with Crippen molar-refractivity contribution in [3.05, 3.63) is 35.9 Å². The van der Waals surface area contributed by atoms with E-state index in [9.17, 15) is 14.3 Å². The average molecular weight is 409 g/mol. The Morgan fingerprint density at radius 3 is 2.46 bits per heavy atom. The van der Waals surface area contributed by atoms with E-state index in [4.69, 9.17) is 5.73 Å². The van der Waals surface area contributed by atoms with Gasteiger partial charge in [0.2, 0.25) is 13.3 Å². The number of amides is 1. The number of carbonyl (C=O) groups is 1. The molecule has 0 aromatic heterocycles. The summed E-state index contributed by atoms with van der Waals surface area (Å²) < 4.78 is 13.1. The highest BCUT2D eigenvalue weighted by Crippen LogP contribution is 2.49. The zero-order valence-corrected chi connectivity index (χ0v) is 18.2. The lowest BCUT2D eigenvalue weighted by Gasteiger charge is -2.31. The van der Waals surface area contributed by atoms with E-state index >= 15 is 0 Å². The first-order chi connectivity index (χ1) is 13.3. The maximum atomic E-state index is 13.1. The average Bonchev–Trinajstić information content (AvgIpc) is 2.67. The van der Waals surface area contributed by atoms with E-state index < -0.39 is 19.2 Å². The molecule has 0 radical (unpaired) electrons. The highest BCUT2D eigenvalue weighted by Gasteiger charge is 2.35. The molecule has 3 unspecified atom stereocenters. The van der Waals surface area contributed by atoms with Crippen LogP contribution in [0.1, 0.15) is 64.4 Å². The number of nitrogens with one attached hydrogen (secondary N) is 1. The van der Waals surface area contributed by atoms with Crippen LogP contribution in [0.25, 0.3) is 0 Å². The van der Waals surface area contributed by atoms with Crippen LogP contribution in [0.2, 0.25) is 0 Å². The summed E-state index contributed by atoms with van der Waals surface area (Å²) in [4.78, 5) is 23.5. The summed E-state index contributed by atoms with van der Waals surface area (Å²) in [5.74, 6) is -0.261. The first kappa shape index (κ1) is 23.1. The Morgan fingerprint density at radius 1 is 1.21 bits per heavy atom. The molecule has 5 nitrogen and oxygen atoms in total. The Morgan fingerprint density at radius 2 is 1.86 bits per heavy atom. The molecular weight excluding hydrogens is 371 g/mol. The van der Waals surface area contributed by atoms with Crippen molar-refractivity contribution in [2.45, 2.75) is 77.0 Å². The molecule has 0 spiro atoms. The van der Waals surface area contributed by atoms with Crippen LogP contribution in [0.5, 0.6) is 0 Å². The molecule has 158 valence electrons. The van der Waals surface area contributed by atoms with Gasteiger partial charge in [0, 0.05) is 6.16 Å². The maximum absolute atomic E-state index is 13.1. The van der Waals surface area contributed by atoms with Gasteiger partial charge < -0.3 is 15.9 Å². The van der Waals surface area contributed by atoms with Gasteiger partial charge in [-0.2, -0.15) is 0 Å². The third-order valence-electron chi connectivity index (χ3n) is 5.74. The van der Waals surface area contributed by atoms with E-state index in [1.165, 1.54) is 19.3 Å². The van der Waals surface area contributed by atoms with Gasteiger partial charge in [0.1, 0.15) is 5.78 Å². The van der Waals surface area contributed by atoms with E-state index in [0.717, 1.165) is 18.4 Å². The van der Waals surface area contributed by atoms with Crippen molar-refractivity contribution in [3.63, 3.8) is 0 Å². The standard InChI is InChI=1S/C22H37N2O3P/c1-17(2)13-14-28(26,27)21(16-19-11-7-4-8-12-19)24-22(25)20(23)15-18-9-5-3-6-10-18/h3,5-6,9-10,17,19-21H,4,7-8,11-16,23H2,1-2H3,(H,24,25)(H,26,27). The fourth-order valence-electron chi connectivity index (χ4n) is 3.89. The first-order valence-electron chi connectivity index (χ1n) is 10.7. The molecular formula is C22H37N2O3P. The quantitative estimate of drug-likeness (QED) is 0.504. The molecule has 0 heterocycles. The summed E-state index contributed by atoms with van der Waals surface area (Å²) >= 11 is 0. The predicted octanol–water partition coefficient (Wildman–Crippen LogP) is 4.29. The summed E-state index contributed by atoms with van der Waals surface area (Å²) in [6.45, 7) is 4.09. The van der Waals surface area contributed by atoms with E-state index in [1.807, 2.05) is 44.2 Å². The molecule has 1 aliphatic carbocycles. The number of rotatable bonds is 10. The van der Waals surface area contributed by atoms with Gasteiger partial charge in [-0.25, -0.2) is 0 Å². The van der Waals surface area contributed by atoms with Crippen molar-refractivity contribution < 1.29 is 14.3 Å². The van der Waals surface area contributed by atoms with E-state index in [2.05, 4.69) is 5.32 Å². The molecule has 0 aliphatic heterocycles. The second-order valence-corrected chi connectivity index (χ2v) is 11.3. The van der Waals surface area contributed by atoms with Gasteiger partial charge in [-0.3, -0.25) is 9.36 Å². The van der Waals surface area contributed by atoms with Crippen molar-refractivity contribution >= 4 is 13.3 Å². The Kier molecular flexibility index (Phi) is 9.20. The highest BCUT2D eigenvalue weighted by atomic mass is 31.2. The molecule has 0 bridgehead atoms. The van der Waals surface area contributed by atoms with E-state index in [1.54, 1.807) is 0 Å². The molecule has 1 saturated carbocycles. The van der Waals surface area contributed by atoms with Gasteiger partial charge in [-0.15, -0.1) is 0 Å². The molecule has 1 amide bonds. The number of benzene rings is 1. The van der Waals surface area contributed by atoms with Crippen molar-refractivity contribution in [1.82, 2.24) is 5.32 Å². The van der Waals surface area contributed by atoms with Gasteiger partial charge in [0.05, 0.1) is 6.04 Å². The van der Waals surface area contributed by atoms with Gasteiger partial charge in [0.15, 0.2) is 0 Å². The summed E-state index contributed by atoms with van der Waals surface area (Å²) in [6.07, 6.45) is 7.65. The number of nitrogens with two attached hydrogens (primary N) is 1. The third kappa shape index (κ3) is 7.69. The van der Waals surface area contributed by atoms with Crippen LogP contribution in [0, 0.1) is 11.8 Å². The van der Waals surface area contributed by atoms with Crippen LogP contribution in [0.3, 0.4) is 0 Å². The molecule has 6 heteroatoms. The zero-order chi connectivity index (χ0) is 20.6. The smallest absolute Gasteiger partial charge is 0.237 e. The fraction of sp³-hybridized carbons (Fsp3) is 0.682. The van der Waals surface area contributed by atoms with E-state index in [-0.39, 0.29) is 12.1 Å². The van der Waals surface area contributed by atoms with Crippen molar-refractivity contribution in [2.75, 3.05) is 6.16 Å². The fourth-order valence-corrected chi connectivity index (χ4v) is 6.05. The summed E-state index contributed by atoms with van der Waals surface area (Å²) in [6, 6.07) is 8.91. The van der Waals surface area contributed by atoms with Crippen molar-refractivity contribution in [1.29, 1.82) is 0 Å². The van der Waals surface area contributed by atoms with Crippen LogP contribution in [-0.4, -0.2) is 28.8 Å². The minimum absolute atomic E-state index is 0.246. The van der Waals surface area contributed by atoms with Crippen LogP contribution in [-0.2, 0) is 15.8 Å². The van der Waals surface area contributed by atoms with E-state index in [0.29, 0.717) is 31.1 Å². The lowest BCUT2D eigenvalue weighted by atomic mass is 9.87. The molecule has 1 aromatic rings. The third-order valence-corrected chi connectivity index (χ3v) is 7.95. The highest BCUT2D eigenvalue weighted by molar-refractivity contribution is 7.58. The van der Waals surface area contributed by atoms with Gasteiger partial charge in [-0.05, 0) is 36.7 Å². The lowest BCUT2D eigenvalue weighted by molar-refractivity contribution is -0.122. The largest absolute Gasteiger partial charge is 0.343 e. The normalized spacial score (nSPS) is 19.8. The molecule has 3 atom stereocenters. The van der Waals surface area contributed by atoms with Crippen LogP contribution < -0.4 is 11.1 Å². The molecule has 1 aliphatic rings. The van der Waals surface area contributed by atoms with Crippen LogP contribution in [0.4, 0.5) is 0 Å². The Hall–Kier alpha value is -1.16.